The molecule has 3 aromatic rings. The number of hydrogen-bond acceptors (Lipinski definition) is 4. The average molecular weight is 432 g/mol. The van der Waals surface area contributed by atoms with Crippen LogP contribution in [0.5, 0.6) is 5.75 Å². The number of nitrogens with zero attached hydrogens (tertiary/aromatic N) is 2. The van der Waals surface area contributed by atoms with Gasteiger partial charge in [-0.15, -0.1) is 0 Å². The quantitative estimate of drug-likeness (QED) is 0.685. The lowest BCUT2D eigenvalue weighted by Crippen LogP contribution is -2.50. The Morgan fingerprint density at radius 2 is 1.76 bits per heavy atom. The van der Waals surface area contributed by atoms with Gasteiger partial charge in [0, 0.05) is 48.8 Å². The number of carbonyl (C=O) groups excluding carboxylic acids is 1. The zero-order valence-corrected chi connectivity index (χ0v) is 17.0. The maximum atomic E-state index is 12.5. The Balaban J connectivity index is 1.32. The molecule has 1 N–H and O–H groups in total. The highest BCUT2D eigenvalue weighted by molar-refractivity contribution is 6.42. The molecule has 0 spiro atoms. The van der Waals surface area contributed by atoms with Gasteiger partial charge in [-0.05, 0) is 42.5 Å². The third-order valence-corrected chi connectivity index (χ3v) is 5.70. The highest BCUT2D eigenvalue weighted by Gasteiger charge is 2.22. The van der Waals surface area contributed by atoms with Crippen LogP contribution >= 0.6 is 23.2 Å². The maximum absolute atomic E-state index is 12.5. The summed E-state index contributed by atoms with van der Waals surface area (Å²) < 4.78 is 5.67. The van der Waals surface area contributed by atoms with Crippen molar-refractivity contribution in [1.82, 2.24) is 9.88 Å². The van der Waals surface area contributed by atoms with Crippen LogP contribution in [0.1, 0.15) is 0 Å². The number of aromatic nitrogens is 1. The Morgan fingerprint density at radius 3 is 2.52 bits per heavy atom. The van der Waals surface area contributed by atoms with Gasteiger partial charge in [-0.1, -0.05) is 23.2 Å². The zero-order chi connectivity index (χ0) is 20.4. The molecule has 1 aromatic heterocycles. The van der Waals surface area contributed by atoms with Crippen molar-refractivity contribution in [2.75, 3.05) is 37.7 Å². The van der Waals surface area contributed by atoms with Crippen LogP contribution in [0, 0.1) is 0 Å². The van der Waals surface area contributed by atoms with Crippen LogP contribution in [0.15, 0.2) is 53.3 Å². The summed E-state index contributed by atoms with van der Waals surface area (Å²) in [4.78, 5) is 30.6. The smallest absolute Gasteiger partial charge is 0.260 e. The minimum absolute atomic E-state index is 0.0262. The predicted octanol–water partition coefficient (Wildman–Crippen LogP) is 3.56. The highest BCUT2D eigenvalue weighted by Crippen LogP contribution is 2.27. The molecule has 0 radical (unpaired) electrons. The standard InChI is InChI=1S/C21H19Cl2N3O3/c22-17-4-2-15(12-18(17)23)25-7-9-26(10-8-25)21(28)13-29-16-3-5-19-14(11-16)1-6-20(27)24-19/h1-6,11-12H,7-10,13H2,(H,24,27). The lowest BCUT2D eigenvalue weighted by molar-refractivity contribution is -0.133. The number of aromatic amines is 1. The lowest BCUT2D eigenvalue weighted by Gasteiger charge is -2.36. The molecule has 0 unspecified atom stereocenters. The molecule has 150 valence electrons. The minimum atomic E-state index is -0.152. The Morgan fingerprint density at radius 1 is 0.966 bits per heavy atom. The van der Waals surface area contributed by atoms with E-state index >= 15 is 0 Å². The zero-order valence-electron chi connectivity index (χ0n) is 15.5. The molecular formula is C21H19Cl2N3O3. The molecule has 6 nitrogen and oxygen atoms in total. The normalized spacial score (nSPS) is 14.3. The number of piperazine rings is 1. The van der Waals surface area contributed by atoms with E-state index in [9.17, 15) is 9.59 Å². The number of carbonyl (C=O) groups is 1. The Hall–Kier alpha value is -2.70. The summed E-state index contributed by atoms with van der Waals surface area (Å²) in [6.07, 6.45) is 0. The van der Waals surface area contributed by atoms with Gasteiger partial charge in [0.2, 0.25) is 5.56 Å². The number of H-pyrrole nitrogens is 1. The van der Waals surface area contributed by atoms with Crippen molar-refractivity contribution in [3.8, 4) is 5.75 Å². The van der Waals surface area contributed by atoms with Crippen LogP contribution in [-0.4, -0.2) is 48.6 Å². The molecular weight excluding hydrogens is 413 g/mol. The number of fused-ring (bicyclic) bond motifs is 1. The van der Waals surface area contributed by atoms with Gasteiger partial charge in [0.05, 0.1) is 10.0 Å². The predicted molar refractivity (Wildman–Crippen MR) is 115 cm³/mol. The molecule has 8 heteroatoms. The number of ether oxygens (including phenoxy) is 1. The van der Waals surface area contributed by atoms with Gasteiger partial charge in [-0.25, -0.2) is 0 Å². The van der Waals surface area contributed by atoms with Crippen LogP contribution in [0.3, 0.4) is 0 Å². The molecule has 0 aliphatic carbocycles. The fourth-order valence-electron chi connectivity index (χ4n) is 3.35. The molecule has 1 amide bonds. The first-order valence-corrected chi connectivity index (χ1v) is 9.99. The van der Waals surface area contributed by atoms with E-state index in [0.717, 1.165) is 16.6 Å². The maximum Gasteiger partial charge on any atom is 0.260 e. The third-order valence-electron chi connectivity index (χ3n) is 4.96. The van der Waals surface area contributed by atoms with E-state index in [2.05, 4.69) is 9.88 Å². The number of halogens is 2. The van der Waals surface area contributed by atoms with E-state index in [-0.39, 0.29) is 18.1 Å². The van der Waals surface area contributed by atoms with E-state index in [1.54, 1.807) is 35.2 Å². The Labute approximate surface area is 177 Å². The summed E-state index contributed by atoms with van der Waals surface area (Å²) in [6, 6.07) is 14.1. The number of rotatable bonds is 4. The second kappa shape index (κ2) is 8.35. The first-order chi connectivity index (χ1) is 14.0. The number of hydrogen-bond donors (Lipinski definition) is 1. The van der Waals surface area contributed by atoms with E-state index in [1.807, 2.05) is 12.1 Å². The fourth-order valence-corrected chi connectivity index (χ4v) is 3.65. The van der Waals surface area contributed by atoms with E-state index in [1.165, 1.54) is 6.07 Å². The van der Waals surface area contributed by atoms with Crippen molar-refractivity contribution in [3.63, 3.8) is 0 Å². The van der Waals surface area contributed by atoms with Gasteiger partial charge < -0.3 is 19.5 Å². The molecule has 1 saturated heterocycles. The lowest BCUT2D eigenvalue weighted by atomic mass is 10.2. The van der Waals surface area contributed by atoms with Crippen LogP contribution in [0.25, 0.3) is 10.9 Å². The van der Waals surface area contributed by atoms with Gasteiger partial charge in [0.1, 0.15) is 5.75 Å². The molecule has 29 heavy (non-hydrogen) atoms. The van der Waals surface area contributed by atoms with E-state index in [4.69, 9.17) is 27.9 Å². The second-order valence-corrected chi connectivity index (χ2v) is 7.64. The van der Waals surface area contributed by atoms with Crippen LogP contribution in [0.2, 0.25) is 10.0 Å². The Bertz CT molecular complexity index is 1110. The molecule has 0 atom stereocenters. The molecule has 2 heterocycles. The molecule has 0 bridgehead atoms. The molecule has 1 fully saturated rings. The molecule has 0 saturated carbocycles. The van der Waals surface area contributed by atoms with Crippen molar-refractivity contribution < 1.29 is 9.53 Å². The third kappa shape index (κ3) is 4.49. The van der Waals surface area contributed by atoms with Gasteiger partial charge in [0.25, 0.3) is 5.91 Å². The number of nitrogens with one attached hydrogen (secondary N) is 1. The van der Waals surface area contributed by atoms with Gasteiger partial charge in [0.15, 0.2) is 6.61 Å². The van der Waals surface area contributed by atoms with E-state index < -0.39 is 0 Å². The van der Waals surface area contributed by atoms with Gasteiger partial charge in [-0.3, -0.25) is 9.59 Å². The van der Waals surface area contributed by atoms with Crippen LogP contribution in [0.4, 0.5) is 5.69 Å². The van der Waals surface area contributed by atoms with Gasteiger partial charge >= 0.3 is 0 Å². The SMILES string of the molecule is O=C(COc1ccc2[nH]c(=O)ccc2c1)N1CCN(c2ccc(Cl)c(Cl)c2)CC1. The number of amides is 1. The molecule has 1 aliphatic rings. The molecule has 4 rings (SSSR count). The largest absolute Gasteiger partial charge is 0.484 e. The van der Waals surface area contributed by atoms with Crippen molar-refractivity contribution >= 4 is 45.7 Å². The summed E-state index contributed by atoms with van der Waals surface area (Å²) in [5, 5.41) is 1.90. The topological polar surface area (TPSA) is 65.6 Å². The summed E-state index contributed by atoms with van der Waals surface area (Å²) in [5.74, 6) is 0.535. The van der Waals surface area contributed by atoms with Crippen molar-refractivity contribution in [3.05, 3.63) is 68.9 Å². The summed E-state index contributed by atoms with van der Waals surface area (Å²) in [5.41, 5.74) is 1.58. The van der Waals surface area contributed by atoms with Crippen molar-refractivity contribution in [2.24, 2.45) is 0 Å². The summed E-state index contributed by atoms with van der Waals surface area (Å²) in [7, 11) is 0. The number of pyridine rings is 1. The first kappa shape index (κ1) is 19.6. The average Bonchev–Trinajstić information content (AvgIpc) is 2.74. The molecule has 2 aromatic carbocycles. The second-order valence-electron chi connectivity index (χ2n) is 6.83. The summed E-state index contributed by atoms with van der Waals surface area (Å²) >= 11 is 12.1. The highest BCUT2D eigenvalue weighted by atomic mass is 35.5. The van der Waals surface area contributed by atoms with Crippen LogP contribution in [-0.2, 0) is 4.79 Å². The minimum Gasteiger partial charge on any atom is -0.484 e. The molecule has 1 aliphatic heterocycles. The monoisotopic (exact) mass is 431 g/mol. The van der Waals surface area contributed by atoms with Crippen molar-refractivity contribution in [1.29, 1.82) is 0 Å². The Kier molecular flexibility index (Phi) is 5.65. The number of anilines is 1. The van der Waals surface area contributed by atoms with Gasteiger partial charge in [-0.2, -0.15) is 0 Å². The summed E-state index contributed by atoms with van der Waals surface area (Å²) in [6.45, 7) is 2.63. The first-order valence-electron chi connectivity index (χ1n) is 9.23. The van der Waals surface area contributed by atoms with E-state index in [0.29, 0.717) is 42.0 Å². The van der Waals surface area contributed by atoms with Crippen LogP contribution < -0.4 is 15.2 Å². The number of benzene rings is 2. The van der Waals surface area contributed by atoms with Crippen molar-refractivity contribution in [2.45, 2.75) is 0 Å². The fraction of sp³-hybridized carbons (Fsp3) is 0.238.